The smallest absolute Gasteiger partial charge is 0.251 e. The van der Waals surface area contributed by atoms with Crippen LogP contribution in [0, 0.1) is 0 Å². The van der Waals surface area contributed by atoms with E-state index in [4.69, 9.17) is 0 Å². The van der Waals surface area contributed by atoms with Crippen LogP contribution >= 0.6 is 0 Å². The molecular weight excluding hydrogens is 396 g/mol. The fourth-order valence-electron chi connectivity index (χ4n) is 3.15. The first-order valence-corrected chi connectivity index (χ1v) is 11.1. The zero-order valence-corrected chi connectivity index (χ0v) is 17.3. The molecule has 0 unspecified atom stereocenters. The predicted molar refractivity (Wildman–Crippen MR) is 119 cm³/mol. The van der Waals surface area contributed by atoms with Gasteiger partial charge in [-0.2, -0.15) is 0 Å². The van der Waals surface area contributed by atoms with Crippen molar-refractivity contribution in [1.29, 1.82) is 0 Å². The molecule has 0 saturated carbocycles. The second-order valence-corrected chi connectivity index (χ2v) is 8.52. The number of benzene rings is 3. The van der Waals surface area contributed by atoms with Gasteiger partial charge in [-0.3, -0.25) is 4.79 Å². The lowest BCUT2D eigenvalue weighted by Crippen LogP contribution is -2.29. The van der Waals surface area contributed by atoms with Gasteiger partial charge in [0, 0.05) is 24.6 Å². The Balaban J connectivity index is 1.78. The van der Waals surface area contributed by atoms with Gasteiger partial charge in [0.05, 0.1) is 4.90 Å². The van der Waals surface area contributed by atoms with Crippen LogP contribution in [0.4, 0.5) is 0 Å². The molecule has 0 saturated heterocycles. The molecule has 1 amide bonds. The summed E-state index contributed by atoms with van der Waals surface area (Å²) in [5.41, 5.74) is 2.47. The zero-order valence-electron chi connectivity index (χ0n) is 16.5. The van der Waals surface area contributed by atoms with Gasteiger partial charge < -0.3 is 5.32 Å². The molecule has 6 heteroatoms. The molecule has 0 aliphatic carbocycles. The van der Waals surface area contributed by atoms with E-state index < -0.39 is 10.0 Å². The number of nitrogens with one attached hydrogen (secondary N) is 2. The second kappa shape index (κ2) is 10.0. The molecule has 154 valence electrons. The minimum Gasteiger partial charge on any atom is -0.351 e. The van der Waals surface area contributed by atoms with E-state index in [9.17, 15) is 13.2 Å². The van der Waals surface area contributed by atoms with Crippen molar-refractivity contribution in [2.45, 2.75) is 10.8 Å². The third-order valence-corrected chi connectivity index (χ3v) is 6.12. The first-order valence-electron chi connectivity index (χ1n) is 9.60. The highest BCUT2D eigenvalue weighted by Gasteiger charge is 2.18. The molecule has 0 fully saturated rings. The first-order chi connectivity index (χ1) is 14.5. The van der Waals surface area contributed by atoms with Gasteiger partial charge in [0.15, 0.2) is 0 Å². The second-order valence-electron chi connectivity index (χ2n) is 6.75. The van der Waals surface area contributed by atoms with Crippen molar-refractivity contribution in [2.24, 2.45) is 0 Å². The minimum atomic E-state index is -3.70. The Morgan fingerprint density at radius 2 is 1.50 bits per heavy atom. The molecule has 30 heavy (non-hydrogen) atoms. The molecule has 0 aliphatic heterocycles. The van der Waals surface area contributed by atoms with Crippen LogP contribution in [0.25, 0.3) is 0 Å². The highest BCUT2D eigenvalue weighted by Crippen LogP contribution is 2.24. The SMILES string of the molecule is C=CCNS(=O)(=O)c1cccc(C(=O)NCC(c2ccccc2)c2ccccc2)c1. The van der Waals surface area contributed by atoms with E-state index in [2.05, 4.69) is 16.6 Å². The maximum absolute atomic E-state index is 12.8. The third kappa shape index (κ3) is 5.43. The topological polar surface area (TPSA) is 75.3 Å². The maximum Gasteiger partial charge on any atom is 0.251 e. The van der Waals surface area contributed by atoms with Crippen molar-refractivity contribution in [3.05, 3.63) is 114 Å². The lowest BCUT2D eigenvalue weighted by Gasteiger charge is -2.19. The molecule has 0 spiro atoms. The van der Waals surface area contributed by atoms with Crippen LogP contribution in [0.5, 0.6) is 0 Å². The van der Waals surface area contributed by atoms with E-state index in [0.29, 0.717) is 6.54 Å². The number of rotatable bonds is 9. The highest BCUT2D eigenvalue weighted by molar-refractivity contribution is 7.89. The van der Waals surface area contributed by atoms with E-state index in [0.717, 1.165) is 11.1 Å². The van der Waals surface area contributed by atoms with E-state index in [1.807, 2.05) is 60.7 Å². The lowest BCUT2D eigenvalue weighted by atomic mass is 9.91. The van der Waals surface area contributed by atoms with Gasteiger partial charge in [-0.25, -0.2) is 13.1 Å². The summed E-state index contributed by atoms with van der Waals surface area (Å²) in [5, 5.41) is 2.95. The number of hydrogen-bond donors (Lipinski definition) is 2. The average Bonchev–Trinajstić information content (AvgIpc) is 2.79. The van der Waals surface area contributed by atoms with Gasteiger partial charge in [-0.15, -0.1) is 6.58 Å². The Labute approximate surface area is 177 Å². The van der Waals surface area contributed by atoms with Gasteiger partial charge in [0.1, 0.15) is 0 Å². The van der Waals surface area contributed by atoms with E-state index >= 15 is 0 Å². The molecule has 3 aromatic rings. The minimum absolute atomic E-state index is 0.0162. The van der Waals surface area contributed by atoms with Crippen LogP contribution in [0.2, 0.25) is 0 Å². The molecule has 2 N–H and O–H groups in total. The van der Waals surface area contributed by atoms with E-state index in [1.54, 1.807) is 12.1 Å². The monoisotopic (exact) mass is 420 g/mol. The molecule has 0 radical (unpaired) electrons. The van der Waals surface area contributed by atoms with Crippen LogP contribution < -0.4 is 10.0 Å². The number of hydrogen-bond acceptors (Lipinski definition) is 3. The largest absolute Gasteiger partial charge is 0.351 e. The van der Waals surface area contributed by atoms with Gasteiger partial charge in [-0.05, 0) is 29.3 Å². The Morgan fingerprint density at radius 3 is 2.07 bits per heavy atom. The Bertz CT molecular complexity index is 1060. The van der Waals surface area contributed by atoms with Crippen molar-refractivity contribution >= 4 is 15.9 Å². The van der Waals surface area contributed by atoms with Crippen molar-refractivity contribution in [2.75, 3.05) is 13.1 Å². The quantitative estimate of drug-likeness (QED) is 0.518. The summed E-state index contributed by atoms with van der Waals surface area (Å²) >= 11 is 0. The average molecular weight is 421 g/mol. The van der Waals surface area contributed by atoms with Crippen molar-refractivity contribution in [1.82, 2.24) is 10.0 Å². The van der Waals surface area contributed by atoms with Gasteiger partial charge in [0.25, 0.3) is 5.91 Å². The van der Waals surface area contributed by atoms with Crippen LogP contribution in [-0.2, 0) is 10.0 Å². The van der Waals surface area contributed by atoms with Crippen LogP contribution in [0.1, 0.15) is 27.4 Å². The fourth-order valence-corrected chi connectivity index (χ4v) is 4.20. The summed E-state index contributed by atoms with van der Waals surface area (Å²) in [6.45, 7) is 4.01. The van der Waals surface area contributed by atoms with Crippen molar-refractivity contribution < 1.29 is 13.2 Å². The van der Waals surface area contributed by atoms with Gasteiger partial charge in [0.2, 0.25) is 10.0 Å². The summed E-state index contributed by atoms with van der Waals surface area (Å²) in [5.74, 6) is -0.342. The molecule has 3 aromatic carbocycles. The van der Waals surface area contributed by atoms with Crippen LogP contribution in [0.3, 0.4) is 0 Å². The number of carbonyl (C=O) groups is 1. The molecule has 3 rings (SSSR count). The predicted octanol–water partition coefficient (Wildman–Crippen LogP) is 3.71. The molecule has 5 nitrogen and oxygen atoms in total. The molecule has 0 atom stereocenters. The fraction of sp³-hybridized carbons (Fsp3) is 0.125. The number of carbonyl (C=O) groups excluding carboxylic acids is 1. The summed E-state index contributed by atoms with van der Waals surface area (Å²) in [6, 6.07) is 25.9. The molecule has 0 bridgehead atoms. The van der Waals surface area contributed by atoms with E-state index in [-0.39, 0.29) is 28.8 Å². The summed E-state index contributed by atoms with van der Waals surface area (Å²) in [6.07, 6.45) is 1.46. The molecule has 0 heterocycles. The Kier molecular flexibility index (Phi) is 7.17. The van der Waals surface area contributed by atoms with Crippen LogP contribution in [-0.4, -0.2) is 27.4 Å². The highest BCUT2D eigenvalue weighted by atomic mass is 32.2. The summed E-state index contributed by atoms with van der Waals surface area (Å²) in [4.78, 5) is 12.8. The third-order valence-electron chi connectivity index (χ3n) is 4.69. The standard InChI is InChI=1S/C24H24N2O3S/c1-2-16-26-30(28,29)22-15-9-14-21(17-22)24(27)25-18-23(19-10-5-3-6-11-19)20-12-7-4-8-13-20/h2-15,17,23,26H,1,16,18H2,(H,25,27). The number of amides is 1. The van der Waals surface area contributed by atoms with Crippen molar-refractivity contribution in [3.63, 3.8) is 0 Å². The Hall–Kier alpha value is -3.22. The van der Waals surface area contributed by atoms with E-state index in [1.165, 1.54) is 18.2 Å². The molecule has 0 aromatic heterocycles. The lowest BCUT2D eigenvalue weighted by molar-refractivity contribution is 0.0952. The van der Waals surface area contributed by atoms with Crippen LogP contribution in [0.15, 0.2) is 102 Å². The normalized spacial score (nSPS) is 11.2. The van der Waals surface area contributed by atoms with Crippen molar-refractivity contribution in [3.8, 4) is 0 Å². The number of sulfonamides is 1. The molecule has 0 aliphatic rings. The Morgan fingerprint density at radius 1 is 0.900 bits per heavy atom. The molecular formula is C24H24N2O3S. The van der Waals surface area contributed by atoms with Gasteiger partial charge >= 0.3 is 0 Å². The zero-order chi connectivity index (χ0) is 21.4. The maximum atomic E-state index is 12.8. The van der Waals surface area contributed by atoms with Gasteiger partial charge in [-0.1, -0.05) is 72.8 Å². The first kappa shape index (κ1) is 21.5. The summed E-state index contributed by atoms with van der Waals surface area (Å²) in [7, 11) is -3.70. The summed E-state index contributed by atoms with van der Waals surface area (Å²) < 4.78 is 27.0.